The number of nitrogens with zero attached hydrogens (tertiary/aromatic N) is 3. The molecule has 1 N–H and O–H groups in total. The molecule has 3 rings (SSSR count). The van der Waals surface area contributed by atoms with Crippen LogP contribution in [-0.2, 0) is 4.74 Å². The quantitative estimate of drug-likeness (QED) is 0.612. The van der Waals surface area contributed by atoms with Gasteiger partial charge in [0.2, 0.25) is 5.88 Å². The third kappa shape index (κ3) is 6.01. The standard InChI is InChI=1S/C20H23BrF2N4O3/c1-20(2,3)30-19(28)27-6-4-12(5-7-27)29-18-10-17(24-11-25-18)26-16-9-14(22)13(21)8-15(16)23/h8-12H,4-7H2,1-3H3,(H,24,25,26). The topological polar surface area (TPSA) is 76.6 Å². The maximum Gasteiger partial charge on any atom is 0.410 e. The number of hydrogen-bond donors (Lipinski definition) is 1. The van der Waals surface area contributed by atoms with E-state index in [0.717, 1.165) is 12.1 Å². The molecule has 1 aromatic carbocycles. The van der Waals surface area contributed by atoms with E-state index in [1.807, 2.05) is 20.8 Å². The summed E-state index contributed by atoms with van der Waals surface area (Å²) in [5.41, 5.74) is -0.586. The molecule has 0 atom stereocenters. The van der Waals surface area contributed by atoms with Gasteiger partial charge in [-0.05, 0) is 42.8 Å². The van der Waals surface area contributed by atoms with Crippen molar-refractivity contribution in [3.63, 3.8) is 0 Å². The summed E-state index contributed by atoms with van der Waals surface area (Å²) >= 11 is 2.94. The molecule has 7 nitrogen and oxygen atoms in total. The maximum atomic E-state index is 14.0. The highest BCUT2D eigenvalue weighted by Crippen LogP contribution is 2.27. The van der Waals surface area contributed by atoms with Crippen molar-refractivity contribution in [2.24, 2.45) is 0 Å². The number of piperidine rings is 1. The van der Waals surface area contributed by atoms with Crippen LogP contribution >= 0.6 is 15.9 Å². The Balaban J connectivity index is 1.58. The number of halogens is 3. The van der Waals surface area contributed by atoms with Crippen LogP contribution in [-0.4, -0.2) is 45.8 Å². The molecule has 0 spiro atoms. The number of hydrogen-bond acceptors (Lipinski definition) is 6. The largest absolute Gasteiger partial charge is 0.474 e. The minimum atomic E-state index is -0.626. The molecule has 1 aliphatic heterocycles. The van der Waals surface area contributed by atoms with Crippen molar-refractivity contribution < 1.29 is 23.0 Å². The van der Waals surface area contributed by atoms with Gasteiger partial charge in [-0.3, -0.25) is 0 Å². The number of nitrogens with one attached hydrogen (secondary N) is 1. The zero-order valence-corrected chi connectivity index (χ0v) is 18.5. The number of likely N-dealkylation sites (tertiary alicyclic amines) is 1. The van der Waals surface area contributed by atoms with E-state index in [1.165, 1.54) is 12.4 Å². The lowest BCUT2D eigenvalue weighted by atomic mass is 10.1. The minimum Gasteiger partial charge on any atom is -0.474 e. The van der Waals surface area contributed by atoms with Crippen LogP contribution in [0, 0.1) is 11.6 Å². The Kier molecular flexibility index (Phi) is 6.74. The number of amides is 1. The zero-order chi connectivity index (χ0) is 21.9. The Labute approximate surface area is 181 Å². The van der Waals surface area contributed by atoms with Crippen LogP contribution in [0.3, 0.4) is 0 Å². The lowest BCUT2D eigenvalue weighted by molar-refractivity contribution is 0.0123. The summed E-state index contributed by atoms with van der Waals surface area (Å²) < 4.78 is 39.0. The number of aromatic nitrogens is 2. The molecule has 2 heterocycles. The maximum absolute atomic E-state index is 14.0. The van der Waals surface area contributed by atoms with Gasteiger partial charge in [-0.25, -0.2) is 23.5 Å². The fraction of sp³-hybridized carbons (Fsp3) is 0.450. The fourth-order valence-corrected chi connectivity index (χ4v) is 3.20. The molecule has 0 bridgehead atoms. The van der Waals surface area contributed by atoms with E-state index >= 15 is 0 Å². The summed E-state index contributed by atoms with van der Waals surface area (Å²) in [6, 6.07) is 3.59. The monoisotopic (exact) mass is 484 g/mol. The van der Waals surface area contributed by atoms with E-state index in [0.29, 0.717) is 31.8 Å². The molecule has 1 aromatic heterocycles. The lowest BCUT2D eigenvalue weighted by Crippen LogP contribution is -2.44. The second-order valence-corrected chi connectivity index (χ2v) is 8.75. The number of ether oxygens (including phenoxy) is 2. The second-order valence-electron chi connectivity index (χ2n) is 7.90. The smallest absolute Gasteiger partial charge is 0.410 e. The lowest BCUT2D eigenvalue weighted by Gasteiger charge is -2.33. The first kappa shape index (κ1) is 22.2. The van der Waals surface area contributed by atoms with E-state index in [2.05, 4.69) is 31.2 Å². The summed E-state index contributed by atoms with van der Waals surface area (Å²) in [5.74, 6) is -0.645. The van der Waals surface area contributed by atoms with Gasteiger partial charge in [0.1, 0.15) is 35.5 Å². The van der Waals surface area contributed by atoms with Crippen molar-refractivity contribution in [1.29, 1.82) is 0 Å². The average molecular weight is 485 g/mol. The van der Waals surface area contributed by atoms with Crippen LogP contribution in [0.1, 0.15) is 33.6 Å². The minimum absolute atomic E-state index is 0.0370. The van der Waals surface area contributed by atoms with E-state index in [9.17, 15) is 13.6 Å². The van der Waals surface area contributed by atoms with E-state index in [-0.39, 0.29) is 28.2 Å². The number of anilines is 2. The first-order chi connectivity index (χ1) is 14.1. The Morgan fingerprint density at radius 1 is 1.17 bits per heavy atom. The summed E-state index contributed by atoms with van der Waals surface area (Å²) in [6.07, 6.45) is 2.06. The summed E-state index contributed by atoms with van der Waals surface area (Å²) in [4.78, 5) is 21.9. The van der Waals surface area contributed by atoms with Gasteiger partial charge in [0.25, 0.3) is 0 Å². The molecular weight excluding hydrogens is 462 g/mol. The third-order valence-electron chi connectivity index (χ3n) is 4.30. The normalized spacial score (nSPS) is 15.1. The molecule has 1 aliphatic rings. The SMILES string of the molecule is CC(C)(C)OC(=O)N1CCC(Oc2cc(Nc3cc(F)c(Br)cc3F)ncn2)CC1. The van der Waals surface area contributed by atoms with Gasteiger partial charge < -0.3 is 19.7 Å². The average Bonchev–Trinajstić information content (AvgIpc) is 2.66. The Bertz CT molecular complexity index is 915. The van der Waals surface area contributed by atoms with E-state index < -0.39 is 17.2 Å². The van der Waals surface area contributed by atoms with Gasteiger partial charge in [0.05, 0.1) is 10.2 Å². The highest BCUT2D eigenvalue weighted by Gasteiger charge is 2.27. The van der Waals surface area contributed by atoms with Crippen LogP contribution in [0.2, 0.25) is 0 Å². The molecule has 2 aromatic rings. The van der Waals surface area contributed by atoms with Gasteiger partial charge in [-0.2, -0.15) is 0 Å². The number of carbonyl (C=O) groups excluding carboxylic acids is 1. The van der Waals surface area contributed by atoms with Crippen molar-refractivity contribution in [2.45, 2.75) is 45.3 Å². The van der Waals surface area contributed by atoms with Crippen molar-refractivity contribution in [1.82, 2.24) is 14.9 Å². The Hall–Kier alpha value is -2.49. The summed E-state index contributed by atoms with van der Waals surface area (Å²) in [5, 5.41) is 2.73. The highest BCUT2D eigenvalue weighted by molar-refractivity contribution is 9.10. The fourth-order valence-electron chi connectivity index (χ4n) is 2.88. The molecule has 1 saturated heterocycles. The predicted octanol–water partition coefficient (Wildman–Crippen LogP) is 5.04. The van der Waals surface area contributed by atoms with Crippen LogP contribution in [0.15, 0.2) is 29.0 Å². The number of rotatable bonds is 4. The van der Waals surface area contributed by atoms with Crippen molar-refractivity contribution in [3.8, 4) is 5.88 Å². The molecule has 162 valence electrons. The van der Waals surface area contributed by atoms with Crippen LogP contribution < -0.4 is 10.1 Å². The molecule has 1 fully saturated rings. The zero-order valence-electron chi connectivity index (χ0n) is 16.9. The first-order valence-electron chi connectivity index (χ1n) is 9.49. The van der Waals surface area contributed by atoms with Gasteiger partial charge in [-0.15, -0.1) is 0 Å². The summed E-state index contributed by atoms with van der Waals surface area (Å²) in [7, 11) is 0. The van der Waals surface area contributed by atoms with Gasteiger partial charge in [0.15, 0.2) is 0 Å². The number of benzene rings is 1. The first-order valence-corrected chi connectivity index (χ1v) is 10.3. The third-order valence-corrected chi connectivity index (χ3v) is 4.90. The number of carbonyl (C=O) groups is 1. The van der Waals surface area contributed by atoms with E-state index in [4.69, 9.17) is 9.47 Å². The van der Waals surface area contributed by atoms with Crippen LogP contribution in [0.4, 0.5) is 25.1 Å². The predicted molar refractivity (Wildman–Crippen MR) is 111 cm³/mol. The molecule has 0 aliphatic carbocycles. The molecule has 1 amide bonds. The van der Waals surface area contributed by atoms with Crippen molar-refractivity contribution in [2.75, 3.05) is 18.4 Å². The Morgan fingerprint density at radius 3 is 2.53 bits per heavy atom. The van der Waals surface area contributed by atoms with E-state index in [1.54, 1.807) is 4.90 Å². The van der Waals surface area contributed by atoms with Gasteiger partial charge in [0, 0.05) is 38.1 Å². The molecule has 0 saturated carbocycles. The molecule has 30 heavy (non-hydrogen) atoms. The molecule has 0 radical (unpaired) electrons. The van der Waals surface area contributed by atoms with Crippen LogP contribution in [0.5, 0.6) is 5.88 Å². The van der Waals surface area contributed by atoms with Crippen molar-refractivity contribution in [3.05, 3.63) is 40.6 Å². The molecule has 0 unspecified atom stereocenters. The Morgan fingerprint density at radius 2 is 1.87 bits per heavy atom. The summed E-state index contributed by atoms with van der Waals surface area (Å²) in [6.45, 7) is 6.51. The second kappa shape index (κ2) is 9.11. The highest BCUT2D eigenvalue weighted by atomic mass is 79.9. The molecule has 10 heteroatoms. The van der Waals surface area contributed by atoms with Crippen molar-refractivity contribution >= 4 is 33.5 Å². The van der Waals surface area contributed by atoms with Gasteiger partial charge >= 0.3 is 6.09 Å². The van der Waals surface area contributed by atoms with Gasteiger partial charge in [-0.1, -0.05) is 0 Å². The van der Waals surface area contributed by atoms with Crippen LogP contribution in [0.25, 0.3) is 0 Å². The molecular formula is C20H23BrF2N4O3.